The molecular formula is C19H21ClN2O4. The van der Waals surface area contributed by atoms with E-state index in [0.29, 0.717) is 23.7 Å². The second-order valence-electron chi connectivity index (χ2n) is 5.56. The van der Waals surface area contributed by atoms with Gasteiger partial charge in [0.1, 0.15) is 0 Å². The number of hydrogen-bond acceptors (Lipinski definition) is 4. The molecule has 0 aliphatic carbocycles. The van der Waals surface area contributed by atoms with E-state index in [1.807, 2.05) is 26.0 Å². The van der Waals surface area contributed by atoms with Crippen LogP contribution in [-0.4, -0.2) is 25.5 Å². The third-order valence-electron chi connectivity index (χ3n) is 3.62. The lowest BCUT2D eigenvalue weighted by Gasteiger charge is -2.14. The first-order valence-corrected chi connectivity index (χ1v) is 8.52. The molecule has 0 saturated heterocycles. The minimum absolute atomic E-state index is 0.237. The summed E-state index contributed by atoms with van der Waals surface area (Å²) in [6.45, 7) is 4.27. The summed E-state index contributed by atoms with van der Waals surface area (Å²) in [4.78, 5) is 24.5. The van der Waals surface area contributed by atoms with E-state index in [2.05, 4.69) is 10.9 Å². The molecule has 2 rings (SSSR count). The molecule has 0 unspecified atom stereocenters. The van der Waals surface area contributed by atoms with Crippen molar-refractivity contribution in [1.82, 2.24) is 10.9 Å². The monoisotopic (exact) mass is 376 g/mol. The van der Waals surface area contributed by atoms with Gasteiger partial charge in [-0.1, -0.05) is 36.7 Å². The van der Waals surface area contributed by atoms with Crippen LogP contribution in [0.3, 0.4) is 0 Å². The molecular weight excluding hydrogens is 356 g/mol. The van der Waals surface area contributed by atoms with Crippen LogP contribution in [0.25, 0.3) is 0 Å². The lowest BCUT2D eigenvalue weighted by molar-refractivity contribution is 0.0846. The maximum atomic E-state index is 12.3. The van der Waals surface area contributed by atoms with E-state index in [1.54, 1.807) is 12.1 Å². The SMILES string of the molecule is CCCOc1c(Cl)cc(C(=O)NNC(=O)c2ccccc2C)cc1OC. The fourth-order valence-corrected chi connectivity index (χ4v) is 2.54. The largest absolute Gasteiger partial charge is 0.493 e. The highest BCUT2D eigenvalue weighted by atomic mass is 35.5. The van der Waals surface area contributed by atoms with E-state index < -0.39 is 11.8 Å². The topological polar surface area (TPSA) is 76.7 Å². The van der Waals surface area contributed by atoms with Gasteiger partial charge in [0.2, 0.25) is 0 Å². The third kappa shape index (κ3) is 4.67. The number of aryl methyl sites for hydroxylation is 1. The van der Waals surface area contributed by atoms with Crippen molar-refractivity contribution in [2.24, 2.45) is 0 Å². The zero-order valence-corrected chi connectivity index (χ0v) is 15.6. The molecule has 0 atom stereocenters. The van der Waals surface area contributed by atoms with E-state index in [4.69, 9.17) is 21.1 Å². The van der Waals surface area contributed by atoms with E-state index in [-0.39, 0.29) is 10.6 Å². The summed E-state index contributed by atoms with van der Waals surface area (Å²) >= 11 is 6.20. The van der Waals surface area contributed by atoms with Gasteiger partial charge < -0.3 is 9.47 Å². The van der Waals surface area contributed by atoms with Crippen molar-refractivity contribution < 1.29 is 19.1 Å². The van der Waals surface area contributed by atoms with E-state index >= 15 is 0 Å². The van der Waals surface area contributed by atoms with Gasteiger partial charge in [0.15, 0.2) is 11.5 Å². The molecule has 2 amide bonds. The maximum Gasteiger partial charge on any atom is 0.269 e. The standard InChI is InChI=1S/C19H21ClN2O4/c1-4-9-26-17-15(20)10-13(11-16(17)25-3)18(23)21-22-19(24)14-8-6-5-7-12(14)2/h5-8,10-11H,4,9H2,1-3H3,(H,21,23)(H,22,24). The first kappa shape index (κ1) is 19.6. The molecule has 2 aromatic carbocycles. The molecule has 0 fully saturated rings. The normalized spacial score (nSPS) is 10.2. The van der Waals surface area contributed by atoms with E-state index in [9.17, 15) is 9.59 Å². The average Bonchev–Trinajstić information content (AvgIpc) is 2.64. The van der Waals surface area contributed by atoms with Crippen molar-refractivity contribution in [1.29, 1.82) is 0 Å². The zero-order chi connectivity index (χ0) is 19.1. The van der Waals surface area contributed by atoms with Crippen molar-refractivity contribution in [3.05, 3.63) is 58.1 Å². The van der Waals surface area contributed by atoms with Gasteiger partial charge in [-0.2, -0.15) is 0 Å². The summed E-state index contributed by atoms with van der Waals surface area (Å²) in [5.74, 6) is -0.190. The number of nitrogens with one attached hydrogen (secondary N) is 2. The number of ether oxygens (including phenoxy) is 2. The Morgan fingerprint density at radius 2 is 1.81 bits per heavy atom. The number of rotatable bonds is 6. The van der Waals surface area contributed by atoms with Crippen LogP contribution in [-0.2, 0) is 0 Å². The van der Waals surface area contributed by atoms with Crippen LogP contribution in [0.2, 0.25) is 5.02 Å². The van der Waals surface area contributed by atoms with Crippen LogP contribution in [0.1, 0.15) is 39.6 Å². The Morgan fingerprint density at radius 1 is 1.12 bits per heavy atom. The van der Waals surface area contributed by atoms with Crippen molar-refractivity contribution in [3.8, 4) is 11.5 Å². The highest BCUT2D eigenvalue weighted by molar-refractivity contribution is 6.32. The second-order valence-corrected chi connectivity index (χ2v) is 5.97. The number of hydrogen-bond donors (Lipinski definition) is 2. The number of amides is 2. The Morgan fingerprint density at radius 3 is 2.46 bits per heavy atom. The summed E-state index contributed by atoms with van der Waals surface area (Å²) in [6.07, 6.45) is 0.812. The number of benzene rings is 2. The highest BCUT2D eigenvalue weighted by Gasteiger charge is 2.17. The van der Waals surface area contributed by atoms with Gasteiger partial charge in [0.25, 0.3) is 11.8 Å². The fraction of sp³-hybridized carbons (Fsp3) is 0.263. The average molecular weight is 377 g/mol. The summed E-state index contributed by atoms with van der Waals surface area (Å²) in [6, 6.07) is 10.0. The Balaban J connectivity index is 2.11. The van der Waals surface area contributed by atoms with Gasteiger partial charge in [-0.05, 0) is 37.1 Å². The van der Waals surface area contributed by atoms with Gasteiger partial charge in [-0.15, -0.1) is 0 Å². The quantitative estimate of drug-likeness (QED) is 0.756. The Kier molecular flexibility index (Phi) is 6.86. The molecule has 0 radical (unpaired) electrons. The highest BCUT2D eigenvalue weighted by Crippen LogP contribution is 2.36. The Labute approximate surface area is 157 Å². The number of halogens is 1. The summed E-state index contributed by atoms with van der Waals surface area (Å²) in [5.41, 5.74) is 6.28. The van der Waals surface area contributed by atoms with Crippen LogP contribution >= 0.6 is 11.6 Å². The van der Waals surface area contributed by atoms with Crippen LogP contribution < -0.4 is 20.3 Å². The van der Waals surface area contributed by atoms with Gasteiger partial charge in [-0.3, -0.25) is 20.4 Å². The zero-order valence-electron chi connectivity index (χ0n) is 14.9. The van der Waals surface area contributed by atoms with Crippen molar-refractivity contribution in [3.63, 3.8) is 0 Å². The third-order valence-corrected chi connectivity index (χ3v) is 3.90. The fourth-order valence-electron chi connectivity index (χ4n) is 2.28. The predicted octanol–water partition coefficient (Wildman–Crippen LogP) is 3.52. The lowest BCUT2D eigenvalue weighted by Crippen LogP contribution is -2.41. The molecule has 0 bridgehead atoms. The van der Waals surface area contributed by atoms with Gasteiger partial charge in [0, 0.05) is 11.1 Å². The maximum absolute atomic E-state index is 12.3. The van der Waals surface area contributed by atoms with E-state index in [0.717, 1.165) is 12.0 Å². The molecule has 0 spiro atoms. The van der Waals surface area contributed by atoms with Gasteiger partial charge in [-0.25, -0.2) is 0 Å². The molecule has 0 aliphatic heterocycles. The van der Waals surface area contributed by atoms with Crippen LogP contribution in [0.4, 0.5) is 0 Å². The molecule has 26 heavy (non-hydrogen) atoms. The van der Waals surface area contributed by atoms with Gasteiger partial charge >= 0.3 is 0 Å². The smallest absolute Gasteiger partial charge is 0.269 e. The van der Waals surface area contributed by atoms with Crippen molar-refractivity contribution in [2.75, 3.05) is 13.7 Å². The molecule has 0 heterocycles. The number of hydrazine groups is 1. The summed E-state index contributed by atoms with van der Waals surface area (Å²) < 4.78 is 10.8. The summed E-state index contributed by atoms with van der Waals surface area (Å²) in [5, 5.41) is 0.258. The van der Waals surface area contributed by atoms with E-state index in [1.165, 1.54) is 19.2 Å². The minimum atomic E-state index is -0.519. The second kappa shape index (κ2) is 9.10. The Hall–Kier alpha value is -2.73. The predicted molar refractivity (Wildman–Crippen MR) is 99.9 cm³/mol. The minimum Gasteiger partial charge on any atom is -0.493 e. The van der Waals surface area contributed by atoms with Crippen LogP contribution in [0.15, 0.2) is 36.4 Å². The number of methoxy groups -OCH3 is 1. The molecule has 138 valence electrons. The summed E-state index contributed by atoms with van der Waals surface area (Å²) in [7, 11) is 1.46. The number of carbonyl (C=O) groups excluding carboxylic acids is 2. The van der Waals surface area contributed by atoms with Crippen molar-refractivity contribution in [2.45, 2.75) is 20.3 Å². The molecule has 0 saturated carbocycles. The van der Waals surface area contributed by atoms with Crippen LogP contribution in [0, 0.1) is 6.92 Å². The van der Waals surface area contributed by atoms with Crippen LogP contribution in [0.5, 0.6) is 11.5 Å². The first-order valence-electron chi connectivity index (χ1n) is 8.14. The first-order chi connectivity index (χ1) is 12.5. The molecule has 7 heteroatoms. The van der Waals surface area contributed by atoms with Gasteiger partial charge in [0.05, 0.1) is 18.7 Å². The Bertz CT molecular complexity index is 808. The molecule has 0 aromatic heterocycles. The molecule has 2 N–H and O–H groups in total. The lowest BCUT2D eigenvalue weighted by atomic mass is 10.1. The molecule has 6 nitrogen and oxygen atoms in total. The number of carbonyl (C=O) groups is 2. The molecule has 0 aliphatic rings. The molecule has 2 aromatic rings. The van der Waals surface area contributed by atoms with Crippen molar-refractivity contribution >= 4 is 23.4 Å².